The van der Waals surface area contributed by atoms with Gasteiger partial charge in [0, 0.05) is 26.2 Å². The molecule has 0 radical (unpaired) electrons. The largest absolute Gasteiger partial charge is 0.457 e. The monoisotopic (exact) mass is 323 g/mol. The van der Waals surface area contributed by atoms with Crippen LogP contribution in [0.4, 0.5) is 22.0 Å². The third kappa shape index (κ3) is 3.80. The molecule has 0 spiro atoms. The van der Waals surface area contributed by atoms with Crippen molar-refractivity contribution < 1.29 is 36.3 Å². The molecule has 4 nitrogen and oxygen atoms in total. The van der Waals surface area contributed by atoms with Crippen molar-refractivity contribution in [3.05, 3.63) is 46.8 Å². The second kappa shape index (κ2) is 7.01. The first-order chi connectivity index (χ1) is 10.2. The summed E-state index contributed by atoms with van der Waals surface area (Å²) in [6.07, 6.45) is 1.48. The number of likely N-dealkylation sites (N-methyl/N-ethyl adjacent to an activating group) is 1. The van der Waals surface area contributed by atoms with Gasteiger partial charge in [-0.2, -0.15) is 0 Å². The zero-order valence-corrected chi connectivity index (χ0v) is 11.4. The number of ether oxygens (including phenoxy) is 1. The van der Waals surface area contributed by atoms with E-state index >= 15 is 0 Å². The Bertz CT molecular complexity index is 614. The molecule has 1 aromatic rings. The number of nitrogens with zero attached hydrogens (tertiary/aromatic N) is 1. The van der Waals surface area contributed by atoms with Gasteiger partial charge in [0.1, 0.15) is 6.61 Å². The summed E-state index contributed by atoms with van der Waals surface area (Å²) in [6, 6.07) is 0. The second-order valence-electron chi connectivity index (χ2n) is 4.22. The van der Waals surface area contributed by atoms with Crippen molar-refractivity contribution in [2.24, 2.45) is 0 Å². The number of carbonyl (C=O) groups is 2. The molecule has 0 bridgehead atoms. The molecular weight excluding hydrogens is 313 g/mol. The number of rotatable bonds is 4. The van der Waals surface area contributed by atoms with E-state index in [-0.39, 0.29) is 0 Å². The summed E-state index contributed by atoms with van der Waals surface area (Å²) in [5.41, 5.74) is -1.28. The zero-order valence-electron chi connectivity index (χ0n) is 11.4. The fraction of sp³-hybridized carbons (Fsp3) is 0.231. The molecular formula is C13H10F5NO3. The molecule has 9 heteroatoms. The van der Waals surface area contributed by atoms with Crippen LogP contribution < -0.4 is 0 Å². The van der Waals surface area contributed by atoms with Crippen LogP contribution in [0.5, 0.6) is 0 Å². The fourth-order valence-electron chi connectivity index (χ4n) is 1.26. The SMILES string of the molecule is CN(C)C(=O)/C=C/C(=O)OCc1c(F)c(F)c(F)c(F)c1F. The first-order valence-corrected chi connectivity index (χ1v) is 5.73. The van der Waals surface area contributed by atoms with Gasteiger partial charge < -0.3 is 9.64 Å². The topological polar surface area (TPSA) is 46.6 Å². The van der Waals surface area contributed by atoms with Crippen molar-refractivity contribution in [2.45, 2.75) is 6.61 Å². The molecule has 1 amide bonds. The van der Waals surface area contributed by atoms with Crippen molar-refractivity contribution in [1.82, 2.24) is 4.90 Å². The second-order valence-corrected chi connectivity index (χ2v) is 4.22. The van der Waals surface area contributed by atoms with Gasteiger partial charge in [-0.3, -0.25) is 4.79 Å². The third-order valence-electron chi connectivity index (χ3n) is 2.46. The van der Waals surface area contributed by atoms with E-state index in [9.17, 15) is 31.5 Å². The van der Waals surface area contributed by atoms with Crippen LogP contribution in [0, 0.1) is 29.1 Å². The smallest absolute Gasteiger partial charge is 0.331 e. The molecule has 0 unspecified atom stereocenters. The van der Waals surface area contributed by atoms with Gasteiger partial charge in [0.15, 0.2) is 23.3 Å². The molecule has 0 aliphatic carbocycles. The van der Waals surface area contributed by atoms with Crippen LogP contribution in [-0.4, -0.2) is 30.9 Å². The highest BCUT2D eigenvalue weighted by molar-refractivity contribution is 5.94. The molecule has 0 aromatic heterocycles. The van der Waals surface area contributed by atoms with E-state index in [1.54, 1.807) is 0 Å². The number of benzene rings is 1. The first kappa shape index (κ1) is 17.6. The van der Waals surface area contributed by atoms with Gasteiger partial charge in [0.05, 0.1) is 5.56 Å². The van der Waals surface area contributed by atoms with E-state index in [0.717, 1.165) is 11.0 Å². The normalized spacial score (nSPS) is 10.9. The number of esters is 1. The van der Waals surface area contributed by atoms with Gasteiger partial charge in [0.25, 0.3) is 0 Å². The van der Waals surface area contributed by atoms with Crippen molar-refractivity contribution in [3.63, 3.8) is 0 Å². The Morgan fingerprint density at radius 3 is 1.82 bits per heavy atom. The molecule has 1 rings (SSSR count). The standard InChI is InChI=1S/C13H10F5NO3/c1-19(2)7(20)3-4-8(21)22-5-6-9(14)11(16)13(18)12(17)10(6)15/h3-4H,5H2,1-2H3/b4-3+. The van der Waals surface area contributed by atoms with Crippen LogP contribution in [0.1, 0.15) is 5.56 Å². The average molecular weight is 323 g/mol. The molecule has 0 aliphatic heterocycles. The number of amides is 1. The van der Waals surface area contributed by atoms with Crippen molar-refractivity contribution in [2.75, 3.05) is 14.1 Å². The lowest BCUT2D eigenvalue weighted by molar-refractivity contribution is -0.139. The first-order valence-electron chi connectivity index (χ1n) is 5.73. The molecule has 0 aliphatic rings. The summed E-state index contributed by atoms with van der Waals surface area (Å²) in [4.78, 5) is 23.5. The predicted molar refractivity (Wildman–Crippen MR) is 63.9 cm³/mol. The molecule has 0 N–H and O–H groups in total. The Balaban J connectivity index is 2.86. The number of carbonyl (C=O) groups excluding carboxylic acids is 2. The van der Waals surface area contributed by atoms with Crippen LogP contribution in [0.15, 0.2) is 12.2 Å². The maximum atomic E-state index is 13.3. The lowest BCUT2D eigenvalue weighted by Gasteiger charge is -2.08. The molecule has 0 saturated carbocycles. The predicted octanol–water partition coefficient (Wildman–Crippen LogP) is 2.07. The molecule has 120 valence electrons. The van der Waals surface area contributed by atoms with Gasteiger partial charge in [-0.15, -0.1) is 0 Å². The number of hydrogen-bond acceptors (Lipinski definition) is 3. The summed E-state index contributed by atoms with van der Waals surface area (Å²) in [7, 11) is 2.82. The Morgan fingerprint density at radius 1 is 0.909 bits per heavy atom. The van der Waals surface area contributed by atoms with E-state index in [4.69, 9.17) is 0 Å². The summed E-state index contributed by atoms with van der Waals surface area (Å²) in [5, 5.41) is 0. The van der Waals surface area contributed by atoms with Crippen LogP contribution in [0.25, 0.3) is 0 Å². The summed E-state index contributed by atoms with van der Waals surface area (Å²) in [6.45, 7) is -1.18. The van der Waals surface area contributed by atoms with Crippen LogP contribution in [0.3, 0.4) is 0 Å². The Morgan fingerprint density at radius 2 is 1.36 bits per heavy atom. The average Bonchev–Trinajstić information content (AvgIpc) is 2.48. The van der Waals surface area contributed by atoms with E-state index in [0.29, 0.717) is 6.08 Å². The summed E-state index contributed by atoms with van der Waals surface area (Å²) < 4.78 is 69.5. The van der Waals surface area contributed by atoms with E-state index in [1.807, 2.05) is 0 Å². The number of halogens is 5. The molecule has 0 atom stereocenters. The summed E-state index contributed by atoms with van der Waals surface area (Å²) >= 11 is 0. The number of hydrogen-bond donors (Lipinski definition) is 0. The Kier molecular flexibility index (Phi) is 5.61. The maximum absolute atomic E-state index is 13.3. The minimum atomic E-state index is -2.30. The van der Waals surface area contributed by atoms with Crippen LogP contribution >= 0.6 is 0 Å². The van der Waals surface area contributed by atoms with Gasteiger partial charge in [-0.1, -0.05) is 0 Å². The zero-order chi connectivity index (χ0) is 17.0. The molecule has 0 heterocycles. The van der Waals surface area contributed by atoms with Crippen molar-refractivity contribution in [1.29, 1.82) is 0 Å². The van der Waals surface area contributed by atoms with E-state index in [2.05, 4.69) is 4.74 Å². The van der Waals surface area contributed by atoms with Crippen LogP contribution in [-0.2, 0) is 20.9 Å². The molecule has 1 aromatic carbocycles. The van der Waals surface area contributed by atoms with Gasteiger partial charge >= 0.3 is 5.97 Å². The minimum absolute atomic E-state index is 0.562. The highest BCUT2D eigenvalue weighted by Gasteiger charge is 2.26. The quantitative estimate of drug-likeness (QED) is 0.280. The van der Waals surface area contributed by atoms with E-state index in [1.165, 1.54) is 14.1 Å². The van der Waals surface area contributed by atoms with Gasteiger partial charge in [-0.25, -0.2) is 26.7 Å². The van der Waals surface area contributed by atoms with E-state index < -0.39 is 53.1 Å². The maximum Gasteiger partial charge on any atom is 0.331 e. The molecule has 22 heavy (non-hydrogen) atoms. The fourth-order valence-corrected chi connectivity index (χ4v) is 1.26. The van der Waals surface area contributed by atoms with Crippen LogP contribution in [0.2, 0.25) is 0 Å². The lowest BCUT2D eigenvalue weighted by atomic mass is 10.2. The highest BCUT2D eigenvalue weighted by Crippen LogP contribution is 2.23. The molecule has 0 saturated heterocycles. The lowest BCUT2D eigenvalue weighted by Crippen LogP contribution is -2.19. The van der Waals surface area contributed by atoms with Crippen molar-refractivity contribution in [3.8, 4) is 0 Å². The van der Waals surface area contributed by atoms with Gasteiger partial charge in [-0.05, 0) is 0 Å². The Labute approximate surface area is 121 Å². The Hall–Kier alpha value is -2.45. The molecule has 0 fully saturated rings. The summed E-state index contributed by atoms with van der Waals surface area (Å²) in [5.74, 6) is -12.5. The van der Waals surface area contributed by atoms with Crippen molar-refractivity contribution >= 4 is 11.9 Å². The van der Waals surface area contributed by atoms with Gasteiger partial charge in [0.2, 0.25) is 11.7 Å². The minimum Gasteiger partial charge on any atom is -0.457 e. The third-order valence-corrected chi connectivity index (χ3v) is 2.46. The highest BCUT2D eigenvalue weighted by atomic mass is 19.2.